The minimum absolute atomic E-state index is 0.110. The standard InChI is InChI=1S/C34H35N3O4Se/c1-26-31(38-22-27-14-6-2-7-15-27)32(39-23-28-16-8-3-9-17-28)33(40-24-29-18-10-4-11-19-29)34(41-26,25-36-37-35)42-30-20-12-5-13-21-30/h2-21,26,31-33H,22-25H2,1H3/t26-,31+,32+,33-,34-/m0/s1. The summed E-state index contributed by atoms with van der Waals surface area (Å²) in [5, 5.41) is 4.07. The topological polar surface area (TPSA) is 85.7 Å². The molecule has 1 aliphatic rings. The maximum atomic E-state index is 9.43. The van der Waals surface area contributed by atoms with E-state index in [0.717, 1.165) is 21.2 Å². The molecule has 1 heterocycles. The molecule has 0 aliphatic carbocycles. The predicted octanol–water partition coefficient (Wildman–Crippen LogP) is 6.20. The van der Waals surface area contributed by atoms with E-state index in [9.17, 15) is 5.53 Å². The summed E-state index contributed by atoms with van der Waals surface area (Å²) in [5.74, 6) is 0. The quantitative estimate of drug-likeness (QED) is 0.0764. The molecular weight excluding hydrogens is 593 g/mol. The van der Waals surface area contributed by atoms with Gasteiger partial charge in [-0.2, -0.15) is 0 Å². The summed E-state index contributed by atoms with van der Waals surface area (Å²) in [6, 6.07) is 40.4. The van der Waals surface area contributed by atoms with E-state index in [4.69, 9.17) is 18.9 Å². The van der Waals surface area contributed by atoms with Gasteiger partial charge in [0.15, 0.2) is 0 Å². The van der Waals surface area contributed by atoms with Gasteiger partial charge in [-0.1, -0.05) is 0 Å². The van der Waals surface area contributed by atoms with Crippen molar-refractivity contribution in [3.63, 3.8) is 0 Å². The number of nitrogens with zero attached hydrogens (tertiary/aromatic N) is 3. The summed E-state index contributed by atoms with van der Waals surface area (Å²) in [4.78, 5) is 3.14. The number of hydrogen-bond donors (Lipinski definition) is 0. The van der Waals surface area contributed by atoms with E-state index in [1.807, 2.05) is 116 Å². The Morgan fingerprint density at radius 2 is 1.14 bits per heavy atom. The fourth-order valence-electron chi connectivity index (χ4n) is 5.13. The number of rotatable bonds is 13. The summed E-state index contributed by atoms with van der Waals surface area (Å²) >= 11 is -0.281. The van der Waals surface area contributed by atoms with Crippen molar-refractivity contribution < 1.29 is 18.9 Å². The molecule has 216 valence electrons. The summed E-state index contributed by atoms with van der Waals surface area (Å²) in [6.07, 6.45) is -1.86. The van der Waals surface area contributed by atoms with Crippen LogP contribution < -0.4 is 4.46 Å². The van der Waals surface area contributed by atoms with Gasteiger partial charge >= 0.3 is 254 Å². The van der Waals surface area contributed by atoms with Gasteiger partial charge in [0.05, 0.1) is 0 Å². The third-order valence-corrected chi connectivity index (χ3v) is 9.89. The average Bonchev–Trinajstić information content (AvgIpc) is 3.04. The molecule has 0 unspecified atom stereocenters. The van der Waals surface area contributed by atoms with Crippen LogP contribution in [0.2, 0.25) is 0 Å². The molecule has 0 amide bonds. The molecule has 5 atom stereocenters. The summed E-state index contributed by atoms with van der Waals surface area (Å²) in [6.45, 7) is 3.25. The Bertz CT molecular complexity index is 1410. The Morgan fingerprint density at radius 1 is 0.690 bits per heavy atom. The van der Waals surface area contributed by atoms with E-state index in [0.29, 0.717) is 19.8 Å². The zero-order valence-electron chi connectivity index (χ0n) is 23.6. The molecule has 7 nitrogen and oxygen atoms in total. The van der Waals surface area contributed by atoms with Crippen molar-refractivity contribution >= 4 is 19.4 Å². The van der Waals surface area contributed by atoms with Crippen LogP contribution in [0.15, 0.2) is 126 Å². The van der Waals surface area contributed by atoms with Crippen molar-refractivity contribution in [3.8, 4) is 0 Å². The van der Waals surface area contributed by atoms with E-state index in [1.54, 1.807) is 0 Å². The number of benzene rings is 4. The zero-order valence-corrected chi connectivity index (χ0v) is 25.3. The van der Waals surface area contributed by atoms with Gasteiger partial charge in [-0.15, -0.1) is 0 Å². The molecule has 4 aromatic carbocycles. The van der Waals surface area contributed by atoms with E-state index < -0.39 is 22.8 Å². The van der Waals surface area contributed by atoms with E-state index in [-0.39, 0.29) is 27.6 Å². The van der Waals surface area contributed by atoms with Crippen LogP contribution in [0.5, 0.6) is 0 Å². The Labute approximate surface area is 253 Å². The first kappa shape index (κ1) is 30.0. The van der Waals surface area contributed by atoms with Gasteiger partial charge < -0.3 is 0 Å². The van der Waals surface area contributed by atoms with E-state index >= 15 is 0 Å². The Balaban J connectivity index is 1.53. The molecule has 42 heavy (non-hydrogen) atoms. The molecular formula is C34H35N3O4Se. The predicted molar refractivity (Wildman–Crippen MR) is 164 cm³/mol. The van der Waals surface area contributed by atoms with Gasteiger partial charge in [0.25, 0.3) is 0 Å². The zero-order chi connectivity index (χ0) is 29.0. The van der Waals surface area contributed by atoms with Gasteiger partial charge in [0.1, 0.15) is 0 Å². The minimum atomic E-state index is -0.928. The second kappa shape index (κ2) is 15.1. The van der Waals surface area contributed by atoms with Crippen LogP contribution in [0.25, 0.3) is 10.4 Å². The Morgan fingerprint density at radius 3 is 1.64 bits per heavy atom. The molecule has 0 saturated carbocycles. The third-order valence-electron chi connectivity index (χ3n) is 7.13. The Hall–Kier alpha value is -3.45. The molecule has 0 aromatic heterocycles. The fraction of sp³-hybridized carbons (Fsp3) is 0.294. The molecule has 5 rings (SSSR count). The van der Waals surface area contributed by atoms with Crippen molar-refractivity contribution in [2.75, 3.05) is 6.54 Å². The van der Waals surface area contributed by atoms with Gasteiger partial charge in [-0.3, -0.25) is 0 Å². The monoisotopic (exact) mass is 629 g/mol. The van der Waals surface area contributed by atoms with Crippen molar-refractivity contribution in [2.24, 2.45) is 5.11 Å². The van der Waals surface area contributed by atoms with Crippen molar-refractivity contribution in [3.05, 3.63) is 148 Å². The molecule has 8 heteroatoms. The molecule has 0 N–H and O–H groups in total. The third kappa shape index (κ3) is 7.88. The molecule has 4 aromatic rings. The maximum absolute atomic E-state index is 9.43. The van der Waals surface area contributed by atoms with Crippen LogP contribution in [0.1, 0.15) is 23.6 Å². The molecule has 1 aliphatic heterocycles. The fourth-order valence-corrected chi connectivity index (χ4v) is 7.92. The molecule has 0 radical (unpaired) electrons. The first-order chi connectivity index (χ1) is 20.7. The van der Waals surface area contributed by atoms with E-state index in [1.165, 1.54) is 0 Å². The molecule has 0 spiro atoms. The van der Waals surface area contributed by atoms with Crippen molar-refractivity contribution in [1.82, 2.24) is 0 Å². The van der Waals surface area contributed by atoms with Crippen LogP contribution in [-0.2, 0) is 38.8 Å². The second-order valence-corrected chi connectivity index (χ2v) is 13.0. The van der Waals surface area contributed by atoms with Gasteiger partial charge in [-0.05, 0) is 0 Å². The van der Waals surface area contributed by atoms with Crippen LogP contribution >= 0.6 is 0 Å². The van der Waals surface area contributed by atoms with Crippen molar-refractivity contribution in [2.45, 2.75) is 55.7 Å². The number of azide groups is 1. The van der Waals surface area contributed by atoms with Gasteiger partial charge in [0.2, 0.25) is 0 Å². The average molecular weight is 629 g/mol. The van der Waals surface area contributed by atoms with Crippen LogP contribution in [0.4, 0.5) is 0 Å². The van der Waals surface area contributed by atoms with E-state index in [2.05, 4.69) is 22.2 Å². The molecule has 1 fully saturated rings. The number of ether oxygens (including phenoxy) is 4. The van der Waals surface area contributed by atoms with Crippen LogP contribution in [-0.4, -0.2) is 50.4 Å². The van der Waals surface area contributed by atoms with Crippen molar-refractivity contribution in [1.29, 1.82) is 0 Å². The SMILES string of the molecule is C[C@@H]1O[C@@](CN=[N+]=[N-])([Se]c2ccccc2)[C@@H](OCc2ccccc2)[C@H](OCc2ccccc2)[C@@H]1OCc1ccccc1. The van der Waals surface area contributed by atoms with Crippen LogP contribution in [0.3, 0.4) is 0 Å². The summed E-state index contributed by atoms with van der Waals surface area (Å²) < 4.78 is 27.2. The molecule has 1 saturated heterocycles. The molecule has 0 bridgehead atoms. The first-order valence-corrected chi connectivity index (χ1v) is 15.8. The normalized spacial score (nSPS) is 23.6. The Kier molecular flexibility index (Phi) is 10.8. The second-order valence-electron chi connectivity index (χ2n) is 10.2. The van der Waals surface area contributed by atoms with Gasteiger partial charge in [0, 0.05) is 0 Å². The summed E-state index contributed by atoms with van der Waals surface area (Å²) in [5.41, 5.74) is 12.6. The number of hydrogen-bond acceptors (Lipinski definition) is 5. The van der Waals surface area contributed by atoms with Crippen LogP contribution in [0, 0.1) is 0 Å². The van der Waals surface area contributed by atoms with Gasteiger partial charge in [-0.25, -0.2) is 0 Å². The summed E-state index contributed by atoms with van der Waals surface area (Å²) in [7, 11) is 0. The first-order valence-electron chi connectivity index (χ1n) is 14.1.